The summed E-state index contributed by atoms with van der Waals surface area (Å²) in [5, 5.41) is 12.4. The highest BCUT2D eigenvalue weighted by Gasteiger charge is 2.16. The van der Waals surface area contributed by atoms with Gasteiger partial charge in [0.1, 0.15) is 0 Å². The maximum Gasteiger partial charge on any atom is 0.251 e. The lowest BCUT2D eigenvalue weighted by atomic mass is 10.1. The minimum atomic E-state index is -3.27. The van der Waals surface area contributed by atoms with Gasteiger partial charge in [-0.05, 0) is 48.2 Å². The van der Waals surface area contributed by atoms with Gasteiger partial charge in [-0.3, -0.25) is 9.69 Å². The van der Waals surface area contributed by atoms with E-state index in [1.165, 1.54) is 29.8 Å². The molecule has 6 nitrogen and oxygen atoms in total. The zero-order valence-electron chi connectivity index (χ0n) is 16.0. The molecule has 1 aliphatic rings. The maximum absolute atomic E-state index is 12.2. The molecule has 0 aromatic heterocycles. The second-order valence-corrected chi connectivity index (χ2v) is 9.32. The molecule has 0 atom stereocenters. The first-order valence-electron chi connectivity index (χ1n) is 9.38. The van der Waals surface area contributed by atoms with Crippen molar-refractivity contribution in [2.75, 3.05) is 19.3 Å². The number of nitrogens with one attached hydrogen (secondary N) is 1. The van der Waals surface area contributed by atoms with Crippen LogP contribution in [0.3, 0.4) is 0 Å². The normalized spacial score (nSPS) is 16.1. The van der Waals surface area contributed by atoms with Crippen molar-refractivity contribution in [3.8, 4) is 0 Å². The average molecular weight is 403 g/mol. The van der Waals surface area contributed by atoms with Crippen molar-refractivity contribution in [2.45, 2.75) is 36.9 Å². The topological polar surface area (TPSA) is 86.7 Å². The second kappa shape index (κ2) is 8.86. The molecule has 28 heavy (non-hydrogen) atoms. The van der Waals surface area contributed by atoms with E-state index in [0.717, 1.165) is 44.3 Å². The van der Waals surface area contributed by atoms with Crippen molar-refractivity contribution in [1.29, 1.82) is 0 Å². The number of aliphatic hydroxyl groups is 1. The fourth-order valence-electron chi connectivity index (χ4n) is 3.24. The van der Waals surface area contributed by atoms with Crippen LogP contribution in [0.15, 0.2) is 53.4 Å². The van der Waals surface area contributed by atoms with Crippen molar-refractivity contribution in [1.82, 2.24) is 10.2 Å². The van der Waals surface area contributed by atoms with Crippen LogP contribution >= 0.6 is 0 Å². The van der Waals surface area contributed by atoms with E-state index < -0.39 is 9.84 Å². The molecule has 0 spiro atoms. The zero-order chi connectivity index (χ0) is 20.1. The van der Waals surface area contributed by atoms with Gasteiger partial charge in [0.25, 0.3) is 5.91 Å². The molecule has 2 aromatic carbocycles. The fourth-order valence-corrected chi connectivity index (χ4v) is 3.87. The fraction of sp³-hybridized carbons (Fsp3) is 0.381. The number of likely N-dealkylation sites (tertiary alicyclic amines) is 1. The number of carbonyl (C=O) groups excluding carboxylic acids is 1. The lowest BCUT2D eigenvalue weighted by Gasteiger charge is -2.29. The number of rotatable bonds is 6. The highest BCUT2D eigenvalue weighted by atomic mass is 32.2. The predicted molar refractivity (Wildman–Crippen MR) is 108 cm³/mol. The molecule has 3 rings (SSSR count). The third kappa shape index (κ3) is 5.64. The van der Waals surface area contributed by atoms with Crippen molar-refractivity contribution in [2.24, 2.45) is 0 Å². The van der Waals surface area contributed by atoms with E-state index in [4.69, 9.17) is 0 Å². The van der Waals surface area contributed by atoms with E-state index >= 15 is 0 Å². The van der Waals surface area contributed by atoms with Gasteiger partial charge in [-0.1, -0.05) is 24.3 Å². The summed E-state index contributed by atoms with van der Waals surface area (Å²) in [6.45, 7) is 3.10. The van der Waals surface area contributed by atoms with Gasteiger partial charge >= 0.3 is 0 Å². The Kier molecular flexibility index (Phi) is 6.49. The molecule has 1 fully saturated rings. The first-order valence-corrected chi connectivity index (χ1v) is 11.3. The van der Waals surface area contributed by atoms with Gasteiger partial charge in [0.05, 0.1) is 11.0 Å². The van der Waals surface area contributed by atoms with Crippen LogP contribution in [-0.4, -0.2) is 49.8 Å². The molecular weight excluding hydrogens is 376 g/mol. The smallest absolute Gasteiger partial charge is 0.251 e. The Morgan fingerprint density at radius 1 is 1.04 bits per heavy atom. The molecule has 2 N–H and O–H groups in total. The van der Waals surface area contributed by atoms with Gasteiger partial charge in [0, 0.05) is 38.0 Å². The molecule has 1 amide bonds. The van der Waals surface area contributed by atoms with Gasteiger partial charge in [-0.25, -0.2) is 8.42 Å². The van der Waals surface area contributed by atoms with Crippen LogP contribution in [0.2, 0.25) is 0 Å². The SMILES string of the molecule is CS(=O)(=O)c1ccc(C(=O)NCc2ccc(CN3CCC(O)CC3)cc2)cc1. The third-order valence-corrected chi connectivity index (χ3v) is 6.11. The standard InChI is InChI=1S/C21H26N2O4S/c1-28(26,27)20-8-6-18(7-9-20)21(25)22-14-16-2-4-17(5-3-16)15-23-12-10-19(24)11-13-23/h2-9,19,24H,10-15H2,1H3,(H,22,25). The van der Waals surface area contributed by atoms with E-state index in [9.17, 15) is 18.3 Å². The van der Waals surface area contributed by atoms with E-state index in [1.807, 2.05) is 12.1 Å². The highest BCUT2D eigenvalue weighted by molar-refractivity contribution is 7.90. The Bertz CT molecular complexity index is 900. The van der Waals surface area contributed by atoms with Crippen LogP contribution in [0.5, 0.6) is 0 Å². The lowest BCUT2D eigenvalue weighted by Crippen LogP contribution is -2.35. The Hall–Kier alpha value is -2.22. The molecule has 2 aromatic rings. The van der Waals surface area contributed by atoms with Gasteiger partial charge in [0.2, 0.25) is 0 Å². The molecular formula is C21H26N2O4S. The maximum atomic E-state index is 12.2. The molecule has 1 heterocycles. The van der Waals surface area contributed by atoms with Crippen LogP contribution in [-0.2, 0) is 22.9 Å². The van der Waals surface area contributed by atoms with Gasteiger partial charge < -0.3 is 10.4 Å². The van der Waals surface area contributed by atoms with Gasteiger partial charge in [-0.2, -0.15) is 0 Å². The van der Waals surface area contributed by atoms with Crippen molar-refractivity contribution >= 4 is 15.7 Å². The van der Waals surface area contributed by atoms with Crippen LogP contribution in [0, 0.1) is 0 Å². The lowest BCUT2D eigenvalue weighted by molar-refractivity contribution is 0.0792. The Balaban J connectivity index is 1.51. The van der Waals surface area contributed by atoms with Crippen molar-refractivity contribution in [3.05, 3.63) is 65.2 Å². The average Bonchev–Trinajstić information content (AvgIpc) is 2.68. The van der Waals surface area contributed by atoms with E-state index in [2.05, 4.69) is 22.3 Å². The summed E-state index contributed by atoms with van der Waals surface area (Å²) in [5.74, 6) is -0.240. The summed E-state index contributed by atoms with van der Waals surface area (Å²) in [7, 11) is -3.27. The predicted octanol–water partition coefficient (Wildman–Crippen LogP) is 1.98. The molecule has 0 bridgehead atoms. The molecule has 1 aliphatic heterocycles. The number of nitrogens with zero attached hydrogens (tertiary/aromatic N) is 1. The molecule has 1 saturated heterocycles. The summed E-state index contributed by atoms with van der Waals surface area (Å²) in [6.07, 6.45) is 2.63. The van der Waals surface area contributed by atoms with Crippen molar-refractivity contribution in [3.63, 3.8) is 0 Å². The summed E-state index contributed by atoms with van der Waals surface area (Å²) in [6, 6.07) is 14.1. The number of carbonyl (C=O) groups is 1. The molecule has 0 saturated carbocycles. The molecule has 150 valence electrons. The van der Waals surface area contributed by atoms with E-state index in [1.54, 1.807) is 0 Å². The van der Waals surface area contributed by atoms with Crippen LogP contribution in [0.25, 0.3) is 0 Å². The summed E-state index contributed by atoms with van der Waals surface area (Å²) >= 11 is 0. The zero-order valence-corrected chi connectivity index (χ0v) is 16.8. The molecule has 0 unspecified atom stereocenters. The monoisotopic (exact) mass is 402 g/mol. The first kappa shape index (κ1) is 20.5. The van der Waals surface area contributed by atoms with Crippen LogP contribution < -0.4 is 5.32 Å². The molecule has 7 heteroatoms. The number of piperidine rings is 1. The Morgan fingerprint density at radius 3 is 2.18 bits per heavy atom. The first-order chi connectivity index (χ1) is 13.3. The summed E-state index contributed by atoms with van der Waals surface area (Å²) in [4.78, 5) is 14.8. The number of hydrogen-bond acceptors (Lipinski definition) is 5. The van der Waals surface area contributed by atoms with E-state index in [0.29, 0.717) is 12.1 Å². The minimum Gasteiger partial charge on any atom is -0.393 e. The van der Waals surface area contributed by atoms with Crippen LogP contribution in [0.1, 0.15) is 34.3 Å². The highest BCUT2D eigenvalue weighted by Crippen LogP contribution is 2.15. The Morgan fingerprint density at radius 2 is 1.61 bits per heavy atom. The molecule has 0 aliphatic carbocycles. The molecule has 0 radical (unpaired) electrons. The van der Waals surface area contributed by atoms with Crippen LogP contribution in [0.4, 0.5) is 0 Å². The van der Waals surface area contributed by atoms with Crippen molar-refractivity contribution < 1.29 is 18.3 Å². The summed E-state index contributed by atoms with van der Waals surface area (Å²) in [5.41, 5.74) is 2.64. The minimum absolute atomic E-state index is 0.162. The largest absolute Gasteiger partial charge is 0.393 e. The quantitative estimate of drug-likeness (QED) is 0.772. The number of amides is 1. The van der Waals surface area contributed by atoms with Gasteiger partial charge in [0.15, 0.2) is 9.84 Å². The Labute approximate surface area is 166 Å². The number of sulfone groups is 1. The van der Waals surface area contributed by atoms with Gasteiger partial charge in [-0.15, -0.1) is 0 Å². The number of aliphatic hydroxyl groups excluding tert-OH is 1. The third-order valence-electron chi connectivity index (χ3n) is 4.98. The number of hydrogen-bond donors (Lipinski definition) is 2. The van der Waals surface area contributed by atoms with E-state index in [-0.39, 0.29) is 16.9 Å². The second-order valence-electron chi connectivity index (χ2n) is 7.30. The number of benzene rings is 2. The summed E-state index contributed by atoms with van der Waals surface area (Å²) < 4.78 is 23.0.